The number of fused-ring (bicyclic) bond motifs is 1. The minimum Gasteiger partial charge on any atom is -0.383 e. The number of rotatable bonds is 4. The molecule has 0 bridgehead atoms. The number of benzene rings is 1. The van der Waals surface area contributed by atoms with Gasteiger partial charge in [-0.3, -0.25) is 4.79 Å². The van der Waals surface area contributed by atoms with Crippen LogP contribution >= 0.6 is 0 Å². The van der Waals surface area contributed by atoms with Gasteiger partial charge in [0.25, 0.3) is 5.91 Å². The quantitative estimate of drug-likeness (QED) is 0.797. The molecular weight excluding hydrogens is 218 g/mol. The fraction of sp³-hybridized carbons (Fsp3) is 0.250. The zero-order valence-electron chi connectivity index (χ0n) is 9.51. The van der Waals surface area contributed by atoms with Gasteiger partial charge in [-0.05, 0) is 12.1 Å². The molecule has 2 aromatic rings. The molecule has 17 heavy (non-hydrogen) atoms. The first kappa shape index (κ1) is 11.5. The Bertz CT molecular complexity index is 528. The first-order valence-electron chi connectivity index (χ1n) is 5.31. The van der Waals surface area contributed by atoms with E-state index < -0.39 is 0 Å². The van der Waals surface area contributed by atoms with Gasteiger partial charge in [-0.15, -0.1) is 10.2 Å². The summed E-state index contributed by atoms with van der Waals surface area (Å²) in [5.74, 6) is -0.236. The second-order valence-corrected chi connectivity index (χ2v) is 3.54. The summed E-state index contributed by atoms with van der Waals surface area (Å²) in [5, 5.41) is 11.5. The van der Waals surface area contributed by atoms with Crippen LogP contribution < -0.4 is 5.32 Å². The summed E-state index contributed by atoms with van der Waals surface area (Å²) >= 11 is 0. The molecule has 0 fully saturated rings. The van der Waals surface area contributed by atoms with E-state index in [9.17, 15) is 4.79 Å². The lowest BCUT2D eigenvalue weighted by atomic mass is 10.2. The Morgan fingerprint density at radius 2 is 2.18 bits per heavy atom. The Hall–Kier alpha value is -2.01. The lowest BCUT2D eigenvalue weighted by molar-refractivity contribution is 0.0931. The van der Waals surface area contributed by atoms with Gasteiger partial charge in [-0.2, -0.15) is 0 Å². The number of nitrogens with zero attached hydrogens (tertiary/aromatic N) is 2. The van der Waals surface area contributed by atoms with Crippen molar-refractivity contribution >= 4 is 16.8 Å². The van der Waals surface area contributed by atoms with Crippen LogP contribution in [-0.4, -0.2) is 36.4 Å². The molecule has 2 rings (SSSR count). The molecule has 1 aromatic heterocycles. The summed E-state index contributed by atoms with van der Waals surface area (Å²) in [5.41, 5.74) is 1.10. The van der Waals surface area contributed by atoms with E-state index in [1.807, 2.05) is 24.3 Å². The molecule has 0 saturated carbocycles. The lowest BCUT2D eigenvalue weighted by Gasteiger charge is -2.03. The summed E-state index contributed by atoms with van der Waals surface area (Å²) in [6.45, 7) is 0.941. The summed E-state index contributed by atoms with van der Waals surface area (Å²) in [6.07, 6.45) is 0. The van der Waals surface area contributed by atoms with Crippen molar-refractivity contribution < 1.29 is 9.53 Å². The summed E-state index contributed by atoms with van der Waals surface area (Å²) < 4.78 is 4.85. The minimum atomic E-state index is -0.236. The first-order chi connectivity index (χ1) is 8.31. The van der Waals surface area contributed by atoms with E-state index in [2.05, 4.69) is 15.5 Å². The highest BCUT2D eigenvalue weighted by Crippen LogP contribution is 2.10. The molecule has 1 aromatic carbocycles. The standard InChI is InChI=1S/C12H13N3O2/c1-17-7-6-13-12(16)11-8-9-4-2-3-5-10(9)14-15-11/h2-5,8H,6-7H2,1H3,(H,13,16). The lowest BCUT2D eigenvalue weighted by Crippen LogP contribution is -2.27. The first-order valence-corrected chi connectivity index (χ1v) is 5.31. The van der Waals surface area contributed by atoms with Gasteiger partial charge in [-0.25, -0.2) is 0 Å². The van der Waals surface area contributed by atoms with Gasteiger partial charge >= 0.3 is 0 Å². The normalized spacial score (nSPS) is 10.4. The van der Waals surface area contributed by atoms with Gasteiger partial charge in [0, 0.05) is 19.0 Å². The Labute approximate surface area is 98.8 Å². The van der Waals surface area contributed by atoms with Gasteiger partial charge in [0.15, 0.2) is 5.69 Å². The van der Waals surface area contributed by atoms with Crippen molar-refractivity contribution in [2.75, 3.05) is 20.3 Å². The average molecular weight is 231 g/mol. The van der Waals surface area contributed by atoms with E-state index in [1.165, 1.54) is 0 Å². The molecule has 1 heterocycles. The van der Waals surface area contributed by atoms with Gasteiger partial charge in [-0.1, -0.05) is 18.2 Å². The molecule has 88 valence electrons. The Kier molecular flexibility index (Phi) is 3.62. The number of carbonyl (C=O) groups is 1. The molecule has 0 aliphatic carbocycles. The second kappa shape index (κ2) is 5.36. The SMILES string of the molecule is COCCNC(=O)c1cc2ccccc2nn1. The second-order valence-electron chi connectivity index (χ2n) is 3.54. The number of ether oxygens (including phenoxy) is 1. The van der Waals surface area contributed by atoms with Crippen molar-refractivity contribution in [1.82, 2.24) is 15.5 Å². The van der Waals surface area contributed by atoms with Crippen LogP contribution in [0, 0.1) is 0 Å². The number of hydrogen-bond acceptors (Lipinski definition) is 4. The van der Waals surface area contributed by atoms with E-state index in [4.69, 9.17) is 4.74 Å². The van der Waals surface area contributed by atoms with Crippen LogP contribution in [0.2, 0.25) is 0 Å². The van der Waals surface area contributed by atoms with Crippen LogP contribution in [0.4, 0.5) is 0 Å². The molecule has 0 radical (unpaired) electrons. The maximum Gasteiger partial charge on any atom is 0.271 e. The van der Waals surface area contributed by atoms with Gasteiger partial charge in [0.2, 0.25) is 0 Å². The zero-order valence-corrected chi connectivity index (χ0v) is 9.51. The third-order valence-electron chi connectivity index (χ3n) is 2.32. The maximum atomic E-state index is 11.7. The van der Waals surface area contributed by atoms with Crippen LogP contribution in [0.25, 0.3) is 10.9 Å². The molecule has 0 spiro atoms. The number of methoxy groups -OCH3 is 1. The summed E-state index contributed by atoms with van der Waals surface area (Å²) in [7, 11) is 1.59. The van der Waals surface area contributed by atoms with Crippen molar-refractivity contribution in [2.24, 2.45) is 0 Å². The topological polar surface area (TPSA) is 64.1 Å². The monoisotopic (exact) mass is 231 g/mol. The molecule has 1 N–H and O–H groups in total. The molecule has 0 aliphatic heterocycles. The van der Waals surface area contributed by atoms with E-state index in [1.54, 1.807) is 13.2 Å². The van der Waals surface area contributed by atoms with Crippen molar-refractivity contribution in [2.45, 2.75) is 0 Å². The fourth-order valence-electron chi connectivity index (χ4n) is 1.45. The zero-order chi connectivity index (χ0) is 12.1. The van der Waals surface area contributed by atoms with Crippen LogP contribution in [0.1, 0.15) is 10.5 Å². The number of amides is 1. The third kappa shape index (κ3) is 2.76. The highest BCUT2D eigenvalue weighted by Gasteiger charge is 2.07. The fourth-order valence-corrected chi connectivity index (χ4v) is 1.45. The average Bonchev–Trinajstić information content (AvgIpc) is 2.38. The predicted molar refractivity (Wildman–Crippen MR) is 63.7 cm³/mol. The van der Waals surface area contributed by atoms with E-state index in [0.717, 1.165) is 10.9 Å². The summed E-state index contributed by atoms with van der Waals surface area (Å²) in [4.78, 5) is 11.7. The number of nitrogens with one attached hydrogen (secondary N) is 1. The summed E-state index contributed by atoms with van der Waals surface area (Å²) in [6, 6.07) is 9.27. The predicted octanol–water partition coefficient (Wildman–Crippen LogP) is 1.01. The largest absolute Gasteiger partial charge is 0.383 e. The van der Waals surface area contributed by atoms with Gasteiger partial charge in [0.1, 0.15) is 0 Å². The molecule has 0 unspecified atom stereocenters. The molecule has 0 atom stereocenters. The molecule has 0 saturated heterocycles. The molecule has 5 heteroatoms. The number of carbonyl (C=O) groups excluding carboxylic acids is 1. The van der Waals surface area contributed by atoms with Crippen LogP contribution in [0.3, 0.4) is 0 Å². The van der Waals surface area contributed by atoms with Gasteiger partial charge in [0.05, 0.1) is 12.1 Å². The van der Waals surface area contributed by atoms with E-state index in [0.29, 0.717) is 18.8 Å². The van der Waals surface area contributed by atoms with Crippen molar-refractivity contribution in [3.8, 4) is 0 Å². The minimum absolute atomic E-state index is 0.236. The van der Waals surface area contributed by atoms with Crippen LogP contribution in [0.15, 0.2) is 30.3 Å². The molecule has 5 nitrogen and oxygen atoms in total. The van der Waals surface area contributed by atoms with Gasteiger partial charge < -0.3 is 10.1 Å². The Balaban J connectivity index is 2.15. The third-order valence-corrected chi connectivity index (χ3v) is 2.32. The van der Waals surface area contributed by atoms with Crippen LogP contribution in [-0.2, 0) is 4.74 Å². The Morgan fingerprint density at radius 1 is 1.35 bits per heavy atom. The Morgan fingerprint density at radius 3 is 3.00 bits per heavy atom. The van der Waals surface area contributed by atoms with Crippen molar-refractivity contribution in [1.29, 1.82) is 0 Å². The van der Waals surface area contributed by atoms with Crippen molar-refractivity contribution in [3.63, 3.8) is 0 Å². The van der Waals surface area contributed by atoms with E-state index in [-0.39, 0.29) is 5.91 Å². The van der Waals surface area contributed by atoms with Crippen molar-refractivity contribution in [3.05, 3.63) is 36.0 Å². The molecule has 0 aliphatic rings. The van der Waals surface area contributed by atoms with Crippen LogP contribution in [0.5, 0.6) is 0 Å². The highest BCUT2D eigenvalue weighted by atomic mass is 16.5. The van der Waals surface area contributed by atoms with E-state index >= 15 is 0 Å². The molecule has 1 amide bonds. The highest BCUT2D eigenvalue weighted by molar-refractivity contribution is 5.95. The number of aromatic nitrogens is 2. The number of hydrogen-bond donors (Lipinski definition) is 1. The maximum absolute atomic E-state index is 11.7. The molecular formula is C12H13N3O2. The smallest absolute Gasteiger partial charge is 0.271 e.